The number of carbonyl (C=O) groups excluding carboxylic acids is 1. The van der Waals surface area contributed by atoms with Crippen molar-refractivity contribution < 1.29 is 9.53 Å². The molecule has 1 saturated carbocycles. The number of hydrogen-bond acceptors (Lipinski definition) is 3. The average Bonchev–Trinajstić information content (AvgIpc) is 2.83. The minimum absolute atomic E-state index is 0.126. The fourth-order valence-electron chi connectivity index (χ4n) is 2.61. The van der Waals surface area contributed by atoms with E-state index in [1.54, 1.807) is 0 Å². The Morgan fingerprint density at radius 2 is 2.32 bits per heavy atom. The Morgan fingerprint density at radius 3 is 3.00 bits per heavy atom. The monoisotopic (exact) mass is 262 g/mol. The van der Waals surface area contributed by atoms with Crippen LogP contribution < -0.4 is 15.8 Å². The Labute approximate surface area is 114 Å². The number of anilines is 1. The number of ether oxygens (including phenoxy) is 1. The lowest BCUT2D eigenvalue weighted by molar-refractivity contribution is -0.120. The lowest BCUT2D eigenvalue weighted by Crippen LogP contribution is -2.24. The van der Waals surface area contributed by atoms with Crippen molar-refractivity contribution in [3.8, 4) is 5.75 Å². The lowest BCUT2D eigenvalue weighted by atomic mass is 9.97. The summed E-state index contributed by atoms with van der Waals surface area (Å²) in [5, 5.41) is 2.98. The van der Waals surface area contributed by atoms with Crippen molar-refractivity contribution in [2.75, 3.05) is 18.5 Å². The molecule has 1 aliphatic carbocycles. The quantitative estimate of drug-likeness (QED) is 0.856. The minimum Gasteiger partial charge on any atom is -0.492 e. The van der Waals surface area contributed by atoms with Crippen LogP contribution in [0, 0.1) is 11.8 Å². The van der Waals surface area contributed by atoms with Gasteiger partial charge in [0.05, 0.1) is 0 Å². The van der Waals surface area contributed by atoms with Gasteiger partial charge in [-0.25, -0.2) is 0 Å². The Hall–Kier alpha value is -1.55. The van der Waals surface area contributed by atoms with Crippen LogP contribution in [0.25, 0.3) is 0 Å². The van der Waals surface area contributed by atoms with E-state index >= 15 is 0 Å². The highest BCUT2D eigenvalue weighted by Gasteiger charge is 2.29. The van der Waals surface area contributed by atoms with Crippen molar-refractivity contribution in [1.29, 1.82) is 0 Å². The molecule has 0 saturated heterocycles. The summed E-state index contributed by atoms with van der Waals surface area (Å²) in [6, 6.07) is 7.46. The van der Waals surface area contributed by atoms with Gasteiger partial charge in [0.2, 0.25) is 5.91 Å². The van der Waals surface area contributed by atoms with Gasteiger partial charge < -0.3 is 15.8 Å². The summed E-state index contributed by atoms with van der Waals surface area (Å²) in [4.78, 5) is 12.2. The fourth-order valence-corrected chi connectivity index (χ4v) is 2.61. The van der Waals surface area contributed by atoms with Crippen molar-refractivity contribution in [3.05, 3.63) is 24.3 Å². The third-order valence-corrected chi connectivity index (χ3v) is 3.69. The summed E-state index contributed by atoms with van der Waals surface area (Å²) < 4.78 is 5.45. The van der Waals surface area contributed by atoms with Crippen LogP contribution in [0.4, 0.5) is 5.69 Å². The van der Waals surface area contributed by atoms with Gasteiger partial charge in [0.15, 0.2) is 0 Å². The number of amides is 1. The second-order valence-electron chi connectivity index (χ2n) is 5.17. The summed E-state index contributed by atoms with van der Waals surface area (Å²) in [5.74, 6) is 1.49. The third kappa shape index (κ3) is 3.70. The smallest absolute Gasteiger partial charge is 0.227 e. The molecule has 2 unspecified atom stereocenters. The molecule has 4 nitrogen and oxygen atoms in total. The van der Waals surface area contributed by atoms with Gasteiger partial charge >= 0.3 is 0 Å². The standard InChI is InChI=1S/C15H22N2O2/c1-11-4-2-7-14(11)15(18)17-12-5-3-6-13(10-12)19-9-8-16/h3,5-6,10-11,14H,2,4,7-9,16H2,1H3,(H,17,18). The molecule has 3 N–H and O–H groups in total. The van der Waals surface area contributed by atoms with E-state index in [1.165, 1.54) is 0 Å². The highest BCUT2D eigenvalue weighted by atomic mass is 16.5. The molecule has 0 aromatic heterocycles. The van der Waals surface area contributed by atoms with E-state index in [4.69, 9.17) is 10.5 Å². The second-order valence-corrected chi connectivity index (χ2v) is 5.17. The first-order valence-corrected chi connectivity index (χ1v) is 6.94. The molecule has 104 valence electrons. The molecule has 1 aromatic rings. The molecule has 19 heavy (non-hydrogen) atoms. The largest absolute Gasteiger partial charge is 0.492 e. The van der Waals surface area contributed by atoms with Crippen LogP contribution in [0.3, 0.4) is 0 Å². The van der Waals surface area contributed by atoms with Crippen LogP contribution in [0.5, 0.6) is 5.75 Å². The molecular weight excluding hydrogens is 240 g/mol. The maximum Gasteiger partial charge on any atom is 0.227 e. The minimum atomic E-state index is 0.126. The molecule has 0 spiro atoms. The average molecular weight is 262 g/mol. The van der Waals surface area contributed by atoms with E-state index in [2.05, 4.69) is 12.2 Å². The van der Waals surface area contributed by atoms with Crippen LogP contribution >= 0.6 is 0 Å². The van der Waals surface area contributed by atoms with Crippen LogP contribution in [0.15, 0.2) is 24.3 Å². The maximum absolute atomic E-state index is 12.2. The zero-order valence-corrected chi connectivity index (χ0v) is 11.4. The molecule has 2 rings (SSSR count). The number of hydrogen-bond donors (Lipinski definition) is 2. The van der Waals surface area contributed by atoms with Crippen molar-refractivity contribution in [3.63, 3.8) is 0 Å². The van der Waals surface area contributed by atoms with Gasteiger partial charge in [0.25, 0.3) is 0 Å². The predicted molar refractivity (Wildman–Crippen MR) is 76.1 cm³/mol. The highest BCUT2D eigenvalue weighted by molar-refractivity contribution is 5.93. The number of rotatable bonds is 5. The van der Waals surface area contributed by atoms with Crippen LogP contribution in [-0.2, 0) is 4.79 Å². The second kappa shape index (κ2) is 6.57. The number of carbonyl (C=O) groups is 1. The number of nitrogens with two attached hydrogens (primary N) is 1. The van der Waals surface area contributed by atoms with Gasteiger partial charge in [-0.15, -0.1) is 0 Å². The van der Waals surface area contributed by atoms with E-state index in [0.29, 0.717) is 19.1 Å². The number of benzene rings is 1. The summed E-state index contributed by atoms with van der Waals surface area (Å²) in [7, 11) is 0. The molecule has 1 aromatic carbocycles. The van der Waals surface area contributed by atoms with Crippen molar-refractivity contribution >= 4 is 11.6 Å². The molecule has 1 fully saturated rings. The Kier molecular flexibility index (Phi) is 4.80. The van der Waals surface area contributed by atoms with Gasteiger partial charge in [-0.3, -0.25) is 4.79 Å². The third-order valence-electron chi connectivity index (χ3n) is 3.69. The summed E-state index contributed by atoms with van der Waals surface area (Å²) in [5.41, 5.74) is 6.19. The van der Waals surface area contributed by atoms with Gasteiger partial charge in [-0.2, -0.15) is 0 Å². The fraction of sp³-hybridized carbons (Fsp3) is 0.533. The van der Waals surface area contributed by atoms with Crippen LogP contribution in [0.1, 0.15) is 26.2 Å². The van der Waals surface area contributed by atoms with Crippen molar-refractivity contribution in [2.24, 2.45) is 17.6 Å². The molecule has 1 amide bonds. The molecule has 1 aliphatic rings. The molecule has 0 radical (unpaired) electrons. The summed E-state index contributed by atoms with van der Waals surface area (Å²) >= 11 is 0. The molecule has 0 bridgehead atoms. The predicted octanol–water partition coefficient (Wildman–Crippen LogP) is 2.40. The zero-order chi connectivity index (χ0) is 13.7. The number of nitrogens with one attached hydrogen (secondary N) is 1. The van der Waals surface area contributed by atoms with Gasteiger partial charge in [-0.1, -0.05) is 19.4 Å². The van der Waals surface area contributed by atoms with Crippen molar-refractivity contribution in [1.82, 2.24) is 0 Å². The van der Waals surface area contributed by atoms with Gasteiger partial charge in [0, 0.05) is 24.2 Å². The van der Waals surface area contributed by atoms with E-state index in [0.717, 1.165) is 30.7 Å². The van der Waals surface area contributed by atoms with Crippen LogP contribution in [0.2, 0.25) is 0 Å². The topological polar surface area (TPSA) is 64.3 Å². The summed E-state index contributed by atoms with van der Waals surface area (Å²) in [6.45, 7) is 3.12. The van der Waals surface area contributed by atoms with Crippen LogP contribution in [-0.4, -0.2) is 19.1 Å². The first kappa shape index (κ1) is 13.9. The Bertz CT molecular complexity index is 434. The van der Waals surface area contributed by atoms with E-state index in [1.807, 2.05) is 24.3 Å². The maximum atomic E-state index is 12.2. The van der Waals surface area contributed by atoms with Crippen molar-refractivity contribution in [2.45, 2.75) is 26.2 Å². The molecule has 0 aliphatic heterocycles. The highest BCUT2D eigenvalue weighted by Crippen LogP contribution is 2.32. The molecule has 4 heteroatoms. The molecule has 0 heterocycles. The molecule has 2 atom stereocenters. The van der Waals surface area contributed by atoms with E-state index < -0.39 is 0 Å². The van der Waals surface area contributed by atoms with E-state index in [9.17, 15) is 4.79 Å². The summed E-state index contributed by atoms with van der Waals surface area (Å²) in [6.07, 6.45) is 3.30. The Morgan fingerprint density at radius 1 is 1.47 bits per heavy atom. The zero-order valence-electron chi connectivity index (χ0n) is 11.4. The van der Waals surface area contributed by atoms with E-state index in [-0.39, 0.29) is 11.8 Å². The van der Waals surface area contributed by atoms with Gasteiger partial charge in [-0.05, 0) is 30.9 Å². The van der Waals surface area contributed by atoms with Gasteiger partial charge in [0.1, 0.15) is 12.4 Å². The SMILES string of the molecule is CC1CCCC1C(=O)Nc1cccc(OCCN)c1. The first-order chi connectivity index (χ1) is 9.20. The first-order valence-electron chi connectivity index (χ1n) is 6.94. The normalized spacial score (nSPS) is 22.2. The lowest BCUT2D eigenvalue weighted by Gasteiger charge is -2.15. The molecular formula is C15H22N2O2. The Balaban J connectivity index is 1.96.